The van der Waals surface area contributed by atoms with E-state index in [1.807, 2.05) is 4.90 Å². The first kappa shape index (κ1) is 16.5. The Labute approximate surface area is 157 Å². The molecule has 27 heavy (non-hydrogen) atoms. The average molecular weight is 365 g/mol. The van der Waals surface area contributed by atoms with Crippen molar-refractivity contribution >= 4 is 11.7 Å². The fraction of sp³-hybridized carbons (Fsp3) is 0.500. The van der Waals surface area contributed by atoms with Crippen LogP contribution in [0.3, 0.4) is 0 Å². The molecule has 5 rings (SSSR count). The van der Waals surface area contributed by atoms with Gasteiger partial charge in [0.15, 0.2) is 0 Å². The van der Waals surface area contributed by atoms with Crippen LogP contribution in [-0.2, 0) is 0 Å². The minimum atomic E-state index is -0.238. The van der Waals surface area contributed by atoms with E-state index in [1.165, 1.54) is 37.2 Å². The van der Waals surface area contributed by atoms with Crippen molar-refractivity contribution in [1.29, 1.82) is 0 Å². The van der Waals surface area contributed by atoms with Crippen LogP contribution in [0.25, 0.3) is 0 Å². The number of fused-ring (bicyclic) bond motifs is 1. The van der Waals surface area contributed by atoms with Crippen LogP contribution in [0.2, 0.25) is 0 Å². The Morgan fingerprint density at radius 3 is 2.52 bits per heavy atom. The number of carbonyl (C=O) groups excluding carboxylic acids is 1. The fourth-order valence-corrected chi connectivity index (χ4v) is 4.57. The van der Waals surface area contributed by atoms with Crippen LogP contribution in [0.15, 0.2) is 35.5 Å². The summed E-state index contributed by atoms with van der Waals surface area (Å²) in [5, 5.41) is 0. The number of likely N-dealkylation sites (tertiary alicyclic amines) is 1. The summed E-state index contributed by atoms with van der Waals surface area (Å²) in [6, 6.07) is 5.21. The summed E-state index contributed by atoms with van der Waals surface area (Å²) >= 11 is 0. The van der Waals surface area contributed by atoms with Crippen LogP contribution in [0, 0.1) is 11.8 Å². The largest absolute Gasteiger partial charge is 0.356 e. The molecule has 0 bridgehead atoms. The second-order valence-electron chi connectivity index (χ2n) is 8.01. The number of anilines is 1. The van der Waals surface area contributed by atoms with Gasteiger partial charge in [-0.3, -0.25) is 9.59 Å². The third-order valence-electron chi connectivity index (χ3n) is 6.32. The standard InChI is InChI=1S/C20H23N5O2/c26-19-6-14(4-5-21-19)20(27)25-10-15-8-24(9-16(15)11-25)18-7-17(22-12-23-18)13-2-1-3-13/h4-7,12-13,15-16H,1-3,8-11H2,(H,21,26). The summed E-state index contributed by atoms with van der Waals surface area (Å²) in [6.07, 6.45) is 7.00. The van der Waals surface area contributed by atoms with E-state index in [2.05, 4.69) is 25.9 Å². The van der Waals surface area contributed by atoms with Gasteiger partial charge in [-0.15, -0.1) is 0 Å². The molecular weight excluding hydrogens is 342 g/mol. The highest BCUT2D eigenvalue weighted by molar-refractivity contribution is 5.94. The first-order valence-electron chi connectivity index (χ1n) is 9.72. The van der Waals surface area contributed by atoms with Crippen molar-refractivity contribution in [2.45, 2.75) is 25.2 Å². The zero-order valence-corrected chi connectivity index (χ0v) is 15.2. The Bertz CT molecular complexity index is 908. The molecule has 7 heteroatoms. The number of nitrogens with one attached hydrogen (secondary N) is 1. The lowest BCUT2D eigenvalue weighted by Crippen LogP contribution is -2.34. The van der Waals surface area contributed by atoms with Gasteiger partial charge in [-0.1, -0.05) is 6.42 Å². The lowest BCUT2D eigenvalue weighted by molar-refractivity contribution is 0.0782. The Hall–Kier alpha value is -2.70. The number of pyridine rings is 1. The summed E-state index contributed by atoms with van der Waals surface area (Å²) in [4.78, 5) is 39.9. The van der Waals surface area contributed by atoms with Gasteiger partial charge in [0.1, 0.15) is 12.1 Å². The van der Waals surface area contributed by atoms with E-state index in [1.54, 1.807) is 12.4 Å². The summed E-state index contributed by atoms with van der Waals surface area (Å²) in [5.41, 5.74) is 1.41. The van der Waals surface area contributed by atoms with Gasteiger partial charge in [0.2, 0.25) is 5.56 Å². The molecule has 1 amide bonds. The molecule has 1 aliphatic carbocycles. The van der Waals surface area contributed by atoms with Gasteiger partial charge in [-0.05, 0) is 18.9 Å². The molecule has 2 saturated heterocycles. The number of rotatable bonds is 3. The van der Waals surface area contributed by atoms with Crippen LogP contribution in [0.4, 0.5) is 5.82 Å². The molecule has 1 N–H and O–H groups in total. The number of carbonyl (C=O) groups is 1. The molecule has 2 aliphatic heterocycles. The Morgan fingerprint density at radius 2 is 1.85 bits per heavy atom. The minimum Gasteiger partial charge on any atom is -0.356 e. The van der Waals surface area contributed by atoms with Gasteiger partial charge >= 0.3 is 0 Å². The SMILES string of the molecule is O=C(c1cc[nH]c(=O)c1)N1CC2CN(c3cc(C4CCC4)ncn3)CC2C1. The van der Waals surface area contributed by atoms with Crippen LogP contribution >= 0.6 is 0 Å². The predicted molar refractivity (Wildman–Crippen MR) is 101 cm³/mol. The number of hydrogen-bond donors (Lipinski definition) is 1. The van der Waals surface area contributed by atoms with E-state index in [0.29, 0.717) is 23.3 Å². The van der Waals surface area contributed by atoms with E-state index in [0.717, 1.165) is 32.0 Å². The molecule has 3 fully saturated rings. The highest BCUT2D eigenvalue weighted by Gasteiger charge is 2.42. The zero-order chi connectivity index (χ0) is 18.4. The Morgan fingerprint density at radius 1 is 1.07 bits per heavy atom. The molecule has 0 spiro atoms. The minimum absolute atomic E-state index is 0.0450. The normalized spacial score (nSPS) is 24.7. The van der Waals surface area contributed by atoms with Gasteiger partial charge in [0.25, 0.3) is 5.91 Å². The van der Waals surface area contributed by atoms with Crippen molar-refractivity contribution in [3.8, 4) is 0 Å². The molecule has 4 heterocycles. The quantitative estimate of drug-likeness (QED) is 0.894. The second kappa shape index (κ2) is 6.48. The number of amides is 1. The van der Waals surface area contributed by atoms with Gasteiger partial charge in [0, 0.05) is 73.5 Å². The lowest BCUT2D eigenvalue weighted by Gasteiger charge is -2.26. The summed E-state index contributed by atoms with van der Waals surface area (Å²) < 4.78 is 0. The fourth-order valence-electron chi connectivity index (χ4n) is 4.57. The number of aromatic amines is 1. The zero-order valence-electron chi connectivity index (χ0n) is 15.2. The summed E-state index contributed by atoms with van der Waals surface area (Å²) in [7, 11) is 0. The molecule has 2 aromatic heterocycles. The van der Waals surface area contributed by atoms with Crippen LogP contribution in [-0.4, -0.2) is 51.9 Å². The monoisotopic (exact) mass is 365 g/mol. The van der Waals surface area contributed by atoms with Crippen molar-refractivity contribution in [2.24, 2.45) is 11.8 Å². The number of H-pyrrole nitrogens is 1. The maximum atomic E-state index is 12.7. The van der Waals surface area contributed by atoms with E-state index in [-0.39, 0.29) is 11.5 Å². The molecule has 0 aromatic carbocycles. The average Bonchev–Trinajstić information content (AvgIpc) is 3.19. The van der Waals surface area contributed by atoms with Crippen molar-refractivity contribution in [3.63, 3.8) is 0 Å². The molecular formula is C20H23N5O2. The van der Waals surface area contributed by atoms with Gasteiger partial charge < -0.3 is 14.8 Å². The molecule has 2 atom stereocenters. The van der Waals surface area contributed by atoms with E-state index in [4.69, 9.17) is 0 Å². The first-order chi connectivity index (χ1) is 13.2. The molecule has 2 unspecified atom stereocenters. The van der Waals surface area contributed by atoms with E-state index in [9.17, 15) is 9.59 Å². The van der Waals surface area contributed by atoms with Crippen molar-refractivity contribution < 1.29 is 4.79 Å². The van der Waals surface area contributed by atoms with E-state index < -0.39 is 0 Å². The molecule has 3 aliphatic rings. The summed E-state index contributed by atoms with van der Waals surface area (Å²) in [5.74, 6) is 2.50. The highest BCUT2D eigenvalue weighted by Crippen LogP contribution is 2.38. The number of aromatic nitrogens is 3. The second-order valence-corrected chi connectivity index (χ2v) is 8.01. The molecule has 140 valence electrons. The number of hydrogen-bond acceptors (Lipinski definition) is 5. The summed E-state index contributed by atoms with van der Waals surface area (Å²) in [6.45, 7) is 3.33. The molecule has 0 radical (unpaired) electrons. The predicted octanol–water partition coefficient (Wildman–Crippen LogP) is 1.64. The van der Waals surface area contributed by atoms with Crippen molar-refractivity contribution in [2.75, 3.05) is 31.1 Å². The Balaban J connectivity index is 1.26. The molecule has 2 aromatic rings. The maximum absolute atomic E-state index is 12.7. The molecule has 1 saturated carbocycles. The van der Waals surface area contributed by atoms with Gasteiger partial charge in [-0.2, -0.15) is 0 Å². The van der Waals surface area contributed by atoms with Gasteiger partial charge in [-0.25, -0.2) is 9.97 Å². The maximum Gasteiger partial charge on any atom is 0.254 e. The first-order valence-corrected chi connectivity index (χ1v) is 9.72. The van der Waals surface area contributed by atoms with Gasteiger partial charge in [0.05, 0.1) is 0 Å². The van der Waals surface area contributed by atoms with E-state index >= 15 is 0 Å². The number of nitrogens with zero attached hydrogens (tertiary/aromatic N) is 4. The van der Waals surface area contributed by atoms with Crippen molar-refractivity contribution in [3.05, 3.63) is 52.3 Å². The smallest absolute Gasteiger partial charge is 0.254 e. The third kappa shape index (κ3) is 3.01. The highest BCUT2D eigenvalue weighted by atomic mass is 16.2. The van der Waals surface area contributed by atoms with Crippen LogP contribution in [0.1, 0.15) is 41.2 Å². The van der Waals surface area contributed by atoms with Crippen molar-refractivity contribution in [1.82, 2.24) is 19.9 Å². The lowest BCUT2D eigenvalue weighted by atomic mass is 9.83. The molecule has 7 nitrogen and oxygen atoms in total. The Kier molecular flexibility index (Phi) is 3.95. The van der Waals surface area contributed by atoms with Crippen LogP contribution < -0.4 is 10.5 Å². The van der Waals surface area contributed by atoms with Crippen LogP contribution in [0.5, 0.6) is 0 Å². The topological polar surface area (TPSA) is 82.2 Å². The third-order valence-corrected chi connectivity index (χ3v) is 6.32.